The maximum atomic E-state index is 2.99. The number of rotatable bonds is 0. The van der Waals surface area contributed by atoms with Crippen LogP contribution in [-0.2, 0) is 26.2 Å². The maximum absolute atomic E-state index is 2.99. The van der Waals surface area contributed by atoms with Crippen LogP contribution in [0.2, 0.25) is 13.1 Å². The Morgan fingerprint density at radius 2 is 1.72 bits per heavy atom. The molecule has 0 unspecified atom stereocenters. The quantitative estimate of drug-likeness (QED) is 0.505. The van der Waals surface area contributed by atoms with Crippen LogP contribution in [0, 0.1) is 27.1 Å². The van der Waals surface area contributed by atoms with Gasteiger partial charge >= 0.3 is 26.2 Å². The van der Waals surface area contributed by atoms with Gasteiger partial charge in [0, 0.05) is 9.52 Å². The van der Waals surface area contributed by atoms with Crippen LogP contribution < -0.4 is 0 Å². The topological polar surface area (TPSA) is 15.8 Å². The summed E-state index contributed by atoms with van der Waals surface area (Å²) in [5, 5.41) is 0. The fourth-order valence-electron chi connectivity index (χ4n) is 0.581. The third kappa shape index (κ3) is 36.0. The van der Waals surface area contributed by atoms with Gasteiger partial charge in [-0.15, -0.1) is 37.4 Å². The molecule has 5 heteroatoms. The van der Waals surface area contributed by atoms with Crippen molar-refractivity contribution < 1.29 is 26.2 Å². The Labute approximate surface area is 148 Å². The van der Waals surface area contributed by atoms with Gasteiger partial charge in [-0.3, -0.25) is 6.08 Å². The molecule has 0 spiro atoms. The van der Waals surface area contributed by atoms with Gasteiger partial charge in [0.2, 0.25) is 0 Å². The molecule has 103 valence electrons. The van der Waals surface area contributed by atoms with Crippen molar-refractivity contribution >= 4 is 34.3 Å². The minimum absolute atomic E-state index is 0. The predicted octanol–water partition coefficient (Wildman–Crippen LogP) is 4.38. The molecule has 0 atom stereocenters. The average molecular weight is 385 g/mol. The monoisotopic (exact) mass is 382 g/mol. The van der Waals surface area contributed by atoms with E-state index < -0.39 is 0 Å². The Morgan fingerprint density at radius 3 is 1.83 bits per heavy atom. The summed E-state index contributed by atoms with van der Waals surface area (Å²) in [7, 11) is 0.750. The molecule has 1 nitrogen and oxygen atoms in total. The van der Waals surface area contributed by atoms with Gasteiger partial charge in [0.05, 0.1) is 0 Å². The third-order valence-electron chi connectivity index (χ3n) is 1.03. The largest absolute Gasteiger partial charge is 4.00 e. The number of allylic oxidation sites excluding steroid dienone is 4. The van der Waals surface area contributed by atoms with Gasteiger partial charge in [0.1, 0.15) is 0 Å². The molecule has 18 heavy (non-hydrogen) atoms. The number of hydrogen-bond donors (Lipinski definition) is 1. The van der Waals surface area contributed by atoms with Crippen LogP contribution in [-0.4, -0.2) is 14.5 Å². The minimum atomic E-state index is 0. The van der Waals surface area contributed by atoms with Crippen LogP contribution >= 0.6 is 24.8 Å². The molecule has 0 fully saturated rings. The van der Waals surface area contributed by atoms with Crippen molar-refractivity contribution in [2.75, 3.05) is 0 Å². The molecule has 1 aliphatic rings. The molecule has 0 saturated heterocycles. The van der Waals surface area contributed by atoms with Crippen molar-refractivity contribution in [3.05, 3.63) is 63.7 Å². The minimum Gasteiger partial charge on any atom is -0.484 e. The van der Waals surface area contributed by atoms with Crippen LogP contribution in [0.4, 0.5) is 0 Å². The third-order valence-corrected chi connectivity index (χ3v) is 1.03. The molecule has 0 saturated carbocycles. The van der Waals surface area contributed by atoms with Gasteiger partial charge in [-0.2, -0.15) is 24.4 Å². The van der Waals surface area contributed by atoms with Crippen molar-refractivity contribution in [3.63, 3.8) is 0 Å². The van der Waals surface area contributed by atoms with E-state index in [1.807, 2.05) is 30.5 Å². The first kappa shape index (κ1) is 36.2. The van der Waals surface area contributed by atoms with Crippen molar-refractivity contribution in [3.8, 4) is 0 Å². The maximum Gasteiger partial charge on any atom is 4.00 e. The molecule has 0 aromatic carbocycles. The molecular formula is C13H24Cl2NSiZr. The van der Waals surface area contributed by atoms with E-state index >= 15 is 0 Å². The first-order chi connectivity index (χ1) is 6.41. The smallest absolute Gasteiger partial charge is 0.484 e. The Kier molecular flexibility index (Phi) is 72.5. The normalized spacial score (nSPS) is 8.11. The molecule has 1 heterocycles. The summed E-state index contributed by atoms with van der Waals surface area (Å²) in [5.74, 6) is 0. The summed E-state index contributed by atoms with van der Waals surface area (Å²) in [5.41, 5.74) is 0. The average Bonchev–Trinajstić information content (AvgIpc) is 2.85. The number of halogens is 2. The van der Waals surface area contributed by atoms with E-state index in [0.29, 0.717) is 0 Å². The fourth-order valence-corrected chi connectivity index (χ4v) is 0.581. The summed E-state index contributed by atoms with van der Waals surface area (Å²) in [6.07, 6.45) is 14.6. The Hall–Kier alpha value is 0.440. The van der Waals surface area contributed by atoms with Gasteiger partial charge in [0.15, 0.2) is 0 Å². The van der Waals surface area contributed by atoms with Gasteiger partial charge in [-0.1, -0.05) is 13.1 Å². The molecular weight excluding hydrogens is 360 g/mol. The van der Waals surface area contributed by atoms with Crippen LogP contribution in [0.3, 0.4) is 0 Å². The first-order valence-corrected chi connectivity index (χ1v) is 6.68. The molecule has 0 amide bonds. The molecule has 2 rings (SSSR count). The predicted molar refractivity (Wildman–Crippen MR) is 87.4 cm³/mol. The van der Waals surface area contributed by atoms with Gasteiger partial charge < -0.3 is 19.8 Å². The van der Waals surface area contributed by atoms with Crippen LogP contribution in [0.15, 0.2) is 36.6 Å². The zero-order chi connectivity index (χ0) is 9.78. The number of nitrogens with one attached hydrogen (secondary N) is 1. The number of aromatic amines is 1. The summed E-state index contributed by atoms with van der Waals surface area (Å²) in [4.78, 5) is 2.74. The molecule has 1 aliphatic carbocycles. The van der Waals surface area contributed by atoms with E-state index in [2.05, 4.69) is 36.4 Å². The summed E-state index contributed by atoms with van der Waals surface area (Å²) in [6, 6.07) is 3.71. The van der Waals surface area contributed by atoms with E-state index in [4.69, 9.17) is 0 Å². The van der Waals surface area contributed by atoms with Gasteiger partial charge in [0.25, 0.3) is 0 Å². The number of aromatic nitrogens is 1. The molecule has 1 radical (unpaired) electrons. The molecule has 1 aromatic heterocycles. The zero-order valence-electron chi connectivity index (χ0n) is 11.6. The van der Waals surface area contributed by atoms with Crippen LogP contribution in [0.1, 0.15) is 6.42 Å². The van der Waals surface area contributed by atoms with E-state index in [1.165, 1.54) is 0 Å². The Bertz CT molecular complexity index is 200. The van der Waals surface area contributed by atoms with Crippen molar-refractivity contribution in [2.24, 2.45) is 0 Å². The first-order valence-electron chi connectivity index (χ1n) is 4.37. The van der Waals surface area contributed by atoms with Crippen LogP contribution in [0.25, 0.3) is 0 Å². The second-order valence-corrected chi connectivity index (χ2v) is 3.55. The second kappa shape index (κ2) is 36.0. The van der Waals surface area contributed by atoms with Gasteiger partial charge in [-0.05, 0) is 0 Å². The van der Waals surface area contributed by atoms with Crippen molar-refractivity contribution in [1.29, 1.82) is 0 Å². The van der Waals surface area contributed by atoms with E-state index in [1.54, 1.807) is 0 Å². The van der Waals surface area contributed by atoms with E-state index in [-0.39, 0.29) is 65.9 Å². The van der Waals surface area contributed by atoms with Crippen molar-refractivity contribution in [2.45, 2.75) is 19.5 Å². The Balaban J connectivity index is -0.0000000271. The van der Waals surface area contributed by atoms with E-state index in [9.17, 15) is 0 Å². The van der Waals surface area contributed by atoms with Gasteiger partial charge in [-0.25, -0.2) is 12.2 Å². The number of hydrogen-bond acceptors (Lipinski definition) is 0. The fraction of sp³-hybridized carbons (Fsp3) is 0.231. The molecule has 0 aliphatic heterocycles. The van der Waals surface area contributed by atoms with Crippen molar-refractivity contribution in [1.82, 2.24) is 4.98 Å². The zero-order valence-corrected chi connectivity index (χ0v) is 16.8. The molecule has 1 N–H and O–H groups in total. The number of H-pyrrole nitrogens is 1. The van der Waals surface area contributed by atoms with E-state index in [0.717, 1.165) is 15.9 Å². The molecule has 1 aromatic rings. The standard InChI is InChI=1S/C5H5.C4H4N.C2H7Si.2CH3.2ClH.Zr/c2*1-2-4-5-3-1;1-3-2;;;;;/h1-3H,4H2;1-3,5H;3H,1-2H3;2*1H3;2*1H;/q2*-1;;2*-1;;;+4. The molecule has 0 bridgehead atoms. The second-order valence-electron chi connectivity index (χ2n) is 2.39. The Morgan fingerprint density at radius 1 is 1.17 bits per heavy atom. The summed E-state index contributed by atoms with van der Waals surface area (Å²) >= 11 is 0. The summed E-state index contributed by atoms with van der Waals surface area (Å²) < 4.78 is 0. The summed E-state index contributed by atoms with van der Waals surface area (Å²) in [6.45, 7) is 4.42. The van der Waals surface area contributed by atoms with Crippen LogP contribution in [0.5, 0.6) is 0 Å². The SMILES string of the molecule is C[SiH]C.Cl.Cl.[C-]1=CC=CC1.[CH3-].[CH3-].[Zr+4].[c-]1ccc[nH]1.